The van der Waals surface area contributed by atoms with Gasteiger partial charge in [-0.05, 0) is 50.0 Å². The molecule has 0 amide bonds. The zero-order chi connectivity index (χ0) is 32.3. The predicted molar refractivity (Wildman–Crippen MR) is 201 cm³/mol. The summed E-state index contributed by atoms with van der Waals surface area (Å²) in [5.74, 6) is 1.85. The molecule has 0 bridgehead atoms. The molecule has 0 saturated heterocycles. The minimum Gasteiger partial charge on any atom is -0.455 e. The first kappa shape index (κ1) is 27.5. The Morgan fingerprint density at radius 1 is 0.347 bits per heavy atom. The summed E-state index contributed by atoms with van der Waals surface area (Å²) in [4.78, 5) is 15.3. The Morgan fingerprint density at radius 3 is 1.76 bits per heavy atom. The van der Waals surface area contributed by atoms with Gasteiger partial charge in [0.2, 0.25) is 0 Å². The quantitative estimate of drug-likeness (QED) is 0.183. The van der Waals surface area contributed by atoms with E-state index in [0.29, 0.717) is 17.5 Å². The molecule has 2 aromatic heterocycles. The highest BCUT2D eigenvalue weighted by atomic mass is 16.3. The topological polar surface area (TPSA) is 51.8 Å². The van der Waals surface area contributed by atoms with Gasteiger partial charge < -0.3 is 4.42 Å². The van der Waals surface area contributed by atoms with Crippen molar-refractivity contribution in [3.8, 4) is 45.3 Å². The number of rotatable bonds is 4. The van der Waals surface area contributed by atoms with Gasteiger partial charge in [-0.3, -0.25) is 0 Å². The second-order valence-electron chi connectivity index (χ2n) is 12.4. The molecule has 10 aromatic rings. The lowest BCUT2D eigenvalue weighted by Crippen LogP contribution is -2.00. The maximum atomic E-state index is 6.57. The van der Waals surface area contributed by atoms with Gasteiger partial charge in [0.25, 0.3) is 0 Å². The Kier molecular flexibility index (Phi) is 6.15. The monoisotopic (exact) mass is 625 g/mol. The van der Waals surface area contributed by atoms with Gasteiger partial charge in [0.15, 0.2) is 17.5 Å². The lowest BCUT2D eigenvalue weighted by molar-refractivity contribution is 0.670. The third-order valence-electron chi connectivity index (χ3n) is 9.52. The van der Waals surface area contributed by atoms with E-state index in [1.807, 2.05) is 48.5 Å². The molecule has 0 aliphatic carbocycles. The fourth-order valence-electron chi connectivity index (χ4n) is 7.19. The molecular weight excluding hydrogens is 599 g/mol. The lowest BCUT2D eigenvalue weighted by atomic mass is 9.96. The van der Waals surface area contributed by atoms with Crippen LogP contribution in [0.1, 0.15) is 0 Å². The van der Waals surface area contributed by atoms with E-state index in [4.69, 9.17) is 19.4 Å². The van der Waals surface area contributed by atoms with E-state index in [9.17, 15) is 0 Å². The van der Waals surface area contributed by atoms with Crippen molar-refractivity contribution in [2.45, 2.75) is 0 Å². The van der Waals surface area contributed by atoms with Crippen LogP contribution in [0.15, 0.2) is 168 Å². The van der Waals surface area contributed by atoms with E-state index >= 15 is 0 Å². The summed E-state index contributed by atoms with van der Waals surface area (Å²) in [5.41, 5.74) is 6.58. The summed E-state index contributed by atoms with van der Waals surface area (Å²) in [6, 6.07) is 56.9. The molecule has 0 unspecified atom stereocenters. The van der Waals surface area contributed by atoms with Crippen LogP contribution in [-0.2, 0) is 0 Å². The number of nitrogens with zero attached hydrogens (tertiary/aromatic N) is 3. The molecule has 0 radical (unpaired) electrons. The molecule has 0 spiro atoms. The molecule has 8 aromatic carbocycles. The normalized spacial score (nSPS) is 11.7. The van der Waals surface area contributed by atoms with Gasteiger partial charge in [-0.2, -0.15) is 0 Å². The van der Waals surface area contributed by atoms with Gasteiger partial charge in [0.05, 0.1) is 0 Å². The van der Waals surface area contributed by atoms with Crippen LogP contribution in [0.5, 0.6) is 0 Å². The van der Waals surface area contributed by atoms with Crippen molar-refractivity contribution in [3.63, 3.8) is 0 Å². The maximum absolute atomic E-state index is 6.57. The molecule has 4 nitrogen and oxygen atoms in total. The highest BCUT2D eigenvalue weighted by Crippen LogP contribution is 2.40. The number of hydrogen-bond acceptors (Lipinski definition) is 4. The van der Waals surface area contributed by atoms with E-state index in [0.717, 1.165) is 55.1 Å². The molecule has 0 aliphatic heterocycles. The van der Waals surface area contributed by atoms with Gasteiger partial charge in [-0.1, -0.05) is 152 Å². The van der Waals surface area contributed by atoms with Crippen molar-refractivity contribution < 1.29 is 4.42 Å². The minimum absolute atomic E-state index is 0.604. The van der Waals surface area contributed by atoms with Gasteiger partial charge in [-0.25, -0.2) is 15.0 Å². The molecular formula is C45H27N3O. The van der Waals surface area contributed by atoms with Crippen LogP contribution in [0.25, 0.3) is 99.5 Å². The van der Waals surface area contributed by atoms with Crippen LogP contribution >= 0.6 is 0 Å². The minimum atomic E-state index is 0.604. The Hall–Kier alpha value is -6.65. The summed E-state index contributed by atoms with van der Waals surface area (Å²) < 4.78 is 6.57. The van der Waals surface area contributed by atoms with E-state index in [1.165, 1.54) is 26.9 Å². The van der Waals surface area contributed by atoms with Crippen LogP contribution in [0, 0.1) is 0 Å². The Balaban J connectivity index is 1.18. The zero-order valence-corrected chi connectivity index (χ0v) is 26.3. The predicted octanol–water partition coefficient (Wildman–Crippen LogP) is 11.9. The van der Waals surface area contributed by atoms with Crippen molar-refractivity contribution in [1.29, 1.82) is 0 Å². The Morgan fingerprint density at radius 2 is 0.939 bits per heavy atom. The van der Waals surface area contributed by atoms with Gasteiger partial charge in [-0.15, -0.1) is 0 Å². The molecule has 228 valence electrons. The first-order chi connectivity index (χ1) is 24.3. The Labute approximate surface area is 282 Å². The molecule has 4 heteroatoms. The van der Waals surface area contributed by atoms with Crippen molar-refractivity contribution in [3.05, 3.63) is 164 Å². The van der Waals surface area contributed by atoms with Crippen LogP contribution < -0.4 is 0 Å². The zero-order valence-electron chi connectivity index (χ0n) is 26.3. The van der Waals surface area contributed by atoms with E-state index in [1.54, 1.807) is 0 Å². The van der Waals surface area contributed by atoms with E-state index in [-0.39, 0.29) is 0 Å². The SMILES string of the molecule is c1ccc(-c2nc(-c3ccc4c(ccc5c6ccccc6ccc45)c3)nc(-c3cccc4oc5c(-c6ccccc6)cccc5c34)n2)cc1. The lowest BCUT2D eigenvalue weighted by Gasteiger charge is -2.11. The summed E-state index contributed by atoms with van der Waals surface area (Å²) >= 11 is 0. The fourth-order valence-corrected chi connectivity index (χ4v) is 7.19. The highest BCUT2D eigenvalue weighted by molar-refractivity contribution is 6.18. The fraction of sp³-hybridized carbons (Fsp3) is 0. The number of hydrogen-bond donors (Lipinski definition) is 0. The van der Waals surface area contributed by atoms with Crippen molar-refractivity contribution in [1.82, 2.24) is 15.0 Å². The third-order valence-corrected chi connectivity index (χ3v) is 9.52. The standard InChI is InChI=1S/C45H27N3O/c1-3-11-28(12-4-1)35-17-9-18-38-41-39(19-10-20-40(41)49-42(35)38)45-47-43(30-14-5-2-6-15-30)46-44(48-45)32-23-24-34-31(27-32)22-26-36-33-16-8-7-13-29(33)21-25-37(34)36/h1-27H. The van der Waals surface area contributed by atoms with Crippen molar-refractivity contribution in [2.75, 3.05) is 0 Å². The number of fused-ring (bicyclic) bond motifs is 8. The first-order valence-electron chi connectivity index (χ1n) is 16.4. The third kappa shape index (κ3) is 4.49. The van der Waals surface area contributed by atoms with Gasteiger partial charge >= 0.3 is 0 Å². The van der Waals surface area contributed by atoms with Crippen LogP contribution in [0.4, 0.5) is 0 Å². The van der Waals surface area contributed by atoms with E-state index < -0.39 is 0 Å². The van der Waals surface area contributed by atoms with Crippen LogP contribution in [0.2, 0.25) is 0 Å². The maximum Gasteiger partial charge on any atom is 0.164 e. The van der Waals surface area contributed by atoms with Crippen LogP contribution in [0.3, 0.4) is 0 Å². The molecule has 0 aliphatic rings. The van der Waals surface area contributed by atoms with Crippen LogP contribution in [-0.4, -0.2) is 15.0 Å². The average Bonchev–Trinajstić information content (AvgIpc) is 3.57. The number of benzene rings is 8. The molecule has 2 heterocycles. The highest BCUT2D eigenvalue weighted by Gasteiger charge is 2.19. The summed E-state index contributed by atoms with van der Waals surface area (Å²) in [6.07, 6.45) is 0. The summed E-state index contributed by atoms with van der Waals surface area (Å²) in [5, 5.41) is 9.35. The molecule has 10 rings (SSSR count). The second kappa shape index (κ2) is 11.0. The van der Waals surface area contributed by atoms with Crippen molar-refractivity contribution in [2.24, 2.45) is 0 Å². The largest absolute Gasteiger partial charge is 0.455 e. The summed E-state index contributed by atoms with van der Waals surface area (Å²) in [7, 11) is 0. The second-order valence-corrected chi connectivity index (χ2v) is 12.4. The molecule has 0 fully saturated rings. The average molecular weight is 626 g/mol. The molecule has 0 N–H and O–H groups in total. The van der Waals surface area contributed by atoms with Gasteiger partial charge in [0.1, 0.15) is 11.2 Å². The molecule has 0 saturated carbocycles. The van der Waals surface area contributed by atoms with Crippen molar-refractivity contribution >= 4 is 54.3 Å². The van der Waals surface area contributed by atoms with E-state index in [2.05, 4.69) is 115 Å². The number of furan rings is 1. The van der Waals surface area contributed by atoms with Gasteiger partial charge in [0, 0.05) is 33.0 Å². The number of aromatic nitrogens is 3. The first-order valence-corrected chi connectivity index (χ1v) is 16.4. The molecule has 49 heavy (non-hydrogen) atoms. The Bertz CT molecular complexity index is 2880. The molecule has 0 atom stereocenters. The summed E-state index contributed by atoms with van der Waals surface area (Å²) in [6.45, 7) is 0. The number of para-hydroxylation sites is 1. The smallest absolute Gasteiger partial charge is 0.164 e.